The van der Waals surface area contributed by atoms with Gasteiger partial charge in [0.15, 0.2) is 0 Å². The van der Waals surface area contributed by atoms with Crippen LogP contribution in [0.5, 0.6) is 0 Å². The van der Waals surface area contributed by atoms with E-state index in [1.165, 1.54) is 12.8 Å². The van der Waals surface area contributed by atoms with Crippen LogP contribution in [0.2, 0.25) is 0 Å². The number of hydrogen-bond donors (Lipinski definition) is 0. The maximum absolute atomic E-state index is 2.42. The van der Waals surface area contributed by atoms with Crippen LogP contribution < -0.4 is 0 Å². The highest BCUT2D eigenvalue weighted by molar-refractivity contribution is 5.03. The van der Waals surface area contributed by atoms with Gasteiger partial charge in [-0.25, -0.2) is 0 Å². The van der Waals surface area contributed by atoms with Crippen molar-refractivity contribution in [3.8, 4) is 0 Å². The fourth-order valence-corrected chi connectivity index (χ4v) is 2.31. The Morgan fingerprint density at radius 3 is 2.00 bits per heavy atom. The minimum absolute atomic E-state index is 0.717. The van der Waals surface area contributed by atoms with Gasteiger partial charge in [0.1, 0.15) is 0 Å². The molecule has 0 nitrogen and oxygen atoms in total. The maximum Gasteiger partial charge on any atom is -0.0269 e. The largest absolute Gasteiger partial charge is 0.0651 e. The summed E-state index contributed by atoms with van der Waals surface area (Å²) in [7, 11) is 0. The predicted molar refractivity (Wildman–Crippen MR) is 41.3 cm³/mol. The van der Waals surface area contributed by atoms with E-state index < -0.39 is 0 Å². The van der Waals surface area contributed by atoms with Crippen molar-refractivity contribution in [3.63, 3.8) is 0 Å². The van der Waals surface area contributed by atoms with Crippen LogP contribution in [-0.4, -0.2) is 0 Å². The molecule has 0 saturated heterocycles. The fourth-order valence-electron chi connectivity index (χ4n) is 2.31. The highest BCUT2D eigenvalue weighted by atomic mass is 14.6. The van der Waals surface area contributed by atoms with Crippen LogP contribution >= 0.6 is 0 Å². The molecule has 3 atom stereocenters. The topological polar surface area (TPSA) is 0 Å². The van der Waals surface area contributed by atoms with Gasteiger partial charge in [-0.3, -0.25) is 0 Å². The van der Waals surface area contributed by atoms with Crippen LogP contribution in [0.4, 0.5) is 0 Å². The Bertz CT molecular complexity index is 107. The third-order valence-electron chi connectivity index (χ3n) is 3.58. The van der Waals surface area contributed by atoms with E-state index in [4.69, 9.17) is 0 Å². The molecule has 0 aromatic heterocycles. The molecule has 0 aliphatic heterocycles. The maximum atomic E-state index is 2.42. The lowest BCUT2D eigenvalue weighted by Gasteiger charge is -2.04. The zero-order valence-corrected chi connectivity index (χ0v) is 7.07. The van der Waals surface area contributed by atoms with Crippen LogP contribution in [-0.2, 0) is 0 Å². The Morgan fingerprint density at radius 2 is 1.89 bits per heavy atom. The van der Waals surface area contributed by atoms with Crippen molar-refractivity contribution < 1.29 is 0 Å². The first-order valence-electron chi connectivity index (χ1n) is 4.16. The Balaban J connectivity index is 2.48. The van der Waals surface area contributed by atoms with Crippen molar-refractivity contribution in [1.29, 1.82) is 0 Å². The van der Waals surface area contributed by atoms with Crippen molar-refractivity contribution in [2.24, 2.45) is 17.3 Å². The van der Waals surface area contributed by atoms with E-state index in [1.54, 1.807) is 0 Å². The molecule has 0 aromatic rings. The SMILES string of the molecule is CCC1C(C)C1(C)CC. The van der Waals surface area contributed by atoms with Gasteiger partial charge in [0.25, 0.3) is 0 Å². The summed E-state index contributed by atoms with van der Waals surface area (Å²) in [6, 6.07) is 0. The minimum atomic E-state index is 0.717. The summed E-state index contributed by atoms with van der Waals surface area (Å²) in [4.78, 5) is 0. The summed E-state index contributed by atoms with van der Waals surface area (Å²) in [5.41, 5.74) is 0.717. The van der Waals surface area contributed by atoms with Crippen molar-refractivity contribution in [1.82, 2.24) is 0 Å². The molecule has 1 aliphatic carbocycles. The van der Waals surface area contributed by atoms with Gasteiger partial charge in [0.2, 0.25) is 0 Å². The molecule has 0 aromatic carbocycles. The van der Waals surface area contributed by atoms with E-state index in [-0.39, 0.29) is 0 Å². The van der Waals surface area contributed by atoms with Gasteiger partial charge >= 0.3 is 0 Å². The third-order valence-corrected chi connectivity index (χ3v) is 3.58. The molecule has 54 valence electrons. The molecule has 1 aliphatic rings. The Hall–Kier alpha value is 0. The molecule has 0 heterocycles. The Morgan fingerprint density at radius 1 is 1.33 bits per heavy atom. The lowest BCUT2D eigenvalue weighted by Crippen LogP contribution is -1.94. The first-order valence-corrected chi connectivity index (χ1v) is 4.16. The van der Waals surface area contributed by atoms with Gasteiger partial charge < -0.3 is 0 Å². The molecular formula is C9H18. The third kappa shape index (κ3) is 0.798. The standard InChI is InChI=1S/C9H18/c1-5-8-7(3)9(8,4)6-2/h7-8H,5-6H2,1-4H3. The number of hydrogen-bond acceptors (Lipinski definition) is 0. The lowest BCUT2D eigenvalue weighted by atomic mass is 10.0. The molecule has 0 heteroatoms. The Kier molecular flexibility index (Phi) is 1.58. The molecule has 1 rings (SSSR count). The van der Waals surface area contributed by atoms with Crippen LogP contribution in [0.3, 0.4) is 0 Å². The van der Waals surface area contributed by atoms with Crippen LogP contribution in [0.25, 0.3) is 0 Å². The molecular weight excluding hydrogens is 108 g/mol. The number of rotatable bonds is 2. The minimum Gasteiger partial charge on any atom is -0.0651 e. The van der Waals surface area contributed by atoms with Crippen LogP contribution in [0.15, 0.2) is 0 Å². The van der Waals surface area contributed by atoms with Crippen LogP contribution in [0.1, 0.15) is 40.5 Å². The average Bonchev–Trinajstić information content (AvgIpc) is 2.38. The van der Waals surface area contributed by atoms with Gasteiger partial charge in [-0.1, -0.05) is 40.5 Å². The highest BCUT2D eigenvalue weighted by Crippen LogP contribution is 2.61. The van der Waals surface area contributed by atoms with Gasteiger partial charge in [-0.15, -0.1) is 0 Å². The summed E-state index contributed by atoms with van der Waals surface area (Å²) >= 11 is 0. The molecule has 3 unspecified atom stereocenters. The zero-order chi connectivity index (χ0) is 7.07. The first-order chi connectivity index (χ1) is 4.16. The average molecular weight is 126 g/mol. The summed E-state index contributed by atoms with van der Waals surface area (Å²) < 4.78 is 0. The summed E-state index contributed by atoms with van der Waals surface area (Å²) in [5.74, 6) is 2.02. The highest BCUT2D eigenvalue weighted by Gasteiger charge is 2.54. The fraction of sp³-hybridized carbons (Fsp3) is 1.00. The normalized spacial score (nSPS) is 49.3. The van der Waals surface area contributed by atoms with E-state index in [0.717, 1.165) is 17.3 Å². The van der Waals surface area contributed by atoms with E-state index in [2.05, 4.69) is 27.7 Å². The molecule has 0 amide bonds. The molecule has 0 radical (unpaired) electrons. The molecule has 9 heavy (non-hydrogen) atoms. The molecule has 0 N–H and O–H groups in total. The van der Waals surface area contributed by atoms with Crippen LogP contribution in [0, 0.1) is 17.3 Å². The predicted octanol–water partition coefficient (Wildman–Crippen LogP) is 3.08. The molecule has 0 bridgehead atoms. The zero-order valence-electron chi connectivity index (χ0n) is 7.07. The second-order valence-corrected chi connectivity index (χ2v) is 3.66. The van der Waals surface area contributed by atoms with Crippen molar-refractivity contribution in [2.75, 3.05) is 0 Å². The smallest absolute Gasteiger partial charge is 0.0269 e. The second-order valence-electron chi connectivity index (χ2n) is 3.66. The summed E-state index contributed by atoms with van der Waals surface area (Å²) in [6.07, 6.45) is 2.75. The van der Waals surface area contributed by atoms with E-state index in [9.17, 15) is 0 Å². The van der Waals surface area contributed by atoms with Crippen molar-refractivity contribution >= 4 is 0 Å². The first kappa shape index (κ1) is 7.11. The van der Waals surface area contributed by atoms with E-state index >= 15 is 0 Å². The van der Waals surface area contributed by atoms with Crippen molar-refractivity contribution in [3.05, 3.63) is 0 Å². The van der Waals surface area contributed by atoms with Crippen molar-refractivity contribution in [2.45, 2.75) is 40.5 Å². The van der Waals surface area contributed by atoms with E-state index in [1.807, 2.05) is 0 Å². The van der Waals surface area contributed by atoms with E-state index in [0.29, 0.717) is 0 Å². The molecule has 0 spiro atoms. The van der Waals surface area contributed by atoms with Gasteiger partial charge in [-0.05, 0) is 17.3 Å². The monoisotopic (exact) mass is 126 g/mol. The Labute approximate surface area is 58.7 Å². The van der Waals surface area contributed by atoms with Gasteiger partial charge in [0, 0.05) is 0 Å². The second kappa shape index (κ2) is 2.00. The summed E-state index contributed by atoms with van der Waals surface area (Å²) in [5, 5.41) is 0. The van der Waals surface area contributed by atoms with Gasteiger partial charge in [-0.2, -0.15) is 0 Å². The summed E-state index contributed by atoms with van der Waals surface area (Å²) in [6.45, 7) is 9.43. The quantitative estimate of drug-likeness (QED) is 0.533. The molecule has 1 fully saturated rings. The molecule has 1 saturated carbocycles. The van der Waals surface area contributed by atoms with Gasteiger partial charge in [0.05, 0.1) is 0 Å². The lowest BCUT2D eigenvalue weighted by molar-refractivity contribution is 0.463.